The van der Waals surface area contributed by atoms with Crippen molar-refractivity contribution < 1.29 is 9.18 Å². The van der Waals surface area contributed by atoms with E-state index < -0.39 is 5.82 Å². The van der Waals surface area contributed by atoms with Gasteiger partial charge in [0, 0.05) is 11.7 Å². The minimum Gasteiger partial charge on any atom is -0.353 e. The first-order valence-corrected chi connectivity index (χ1v) is 9.14. The van der Waals surface area contributed by atoms with Crippen LogP contribution >= 0.6 is 11.8 Å². The van der Waals surface area contributed by atoms with E-state index in [1.165, 1.54) is 40.6 Å². The predicted molar refractivity (Wildman–Crippen MR) is 100 cm³/mol. The molecule has 2 heterocycles. The van der Waals surface area contributed by atoms with E-state index in [-0.39, 0.29) is 23.3 Å². The van der Waals surface area contributed by atoms with E-state index in [4.69, 9.17) is 0 Å². The van der Waals surface area contributed by atoms with Crippen LogP contribution in [0.25, 0.3) is 16.7 Å². The molecule has 0 bridgehead atoms. The summed E-state index contributed by atoms with van der Waals surface area (Å²) in [7, 11) is 0. The van der Waals surface area contributed by atoms with Crippen LogP contribution in [0.5, 0.6) is 0 Å². The quantitative estimate of drug-likeness (QED) is 0.532. The highest BCUT2D eigenvalue weighted by atomic mass is 32.2. The minimum atomic E-state index is -0.392. The van der Waals surface area contributed by atoms with Crippen LogP contribution in [-0.2, 0) is 4.79 Å². The number of aromatic amines is 1. The number of thioether (sulfide) groups is 1. The van der Waals surface area contributed by atoms with Gasteiger partial charge >= 0.3 is 0 Å². The number of aryl methyl sites for hydroxylation is 1. The lowest BCUT2D eigenvalue weighted by Crippen LogP contribution is -2.32. The van der Waals surface area contributed by atoms with Crippen LogP contribution in [0.15, 0.2) is 40.3 Å². The van der Waals surface area contributed by atoms with Gasteiger partial charge in [-0.25, -0.2) is 9.37 Å². The smallest absolute Gasteiger partial charge is 0.283 e. The lowest BCUT2D eigenvalue weighted by molar-refractivity contribution is -0.119. The van der Waals surface area contributed by atoms with Gasteiger partial charge in [-0.15, -0.1) is 0 Å². The average Bonchev–Trinajstić information content (AvgIpc) is 2.94. The second-order valence-electron chi connectivity index (χ2n) is 6.23. The number of H-pyrrole nitrogens is 1. The number of fused-ring (bicyclic) bond motifs is 1. The fourth-order valence-corrected chi connectivity index (χ4v) is 3.41. The molecule has 0 saturated carbocycles. The Balaban J connectivity index is 2.07. The molecule has 2 aromatic heterocycles. The monoisotopic (exact) mass is 374 g/mol. The average molecular weight is 374 g/mol. The minimum absolute atomic E-state index is 0.0326. The van der Waals surface area contributed by atoms with E-state index in [2.05, 4.69) is 15.3 Å². The van der Waals surface area contributed by atoms with Gasteiger partial charge < -0.3 is 10.3 Å². The Morgan fingerprint density at radius 2 is 2.04 bits per heavy atom. The Hall–Kier alpha value is -2.61. The molecule has 0 spiro atoms. The number of carbonyl (C=O) groups is 1. The molecule has 0 fully saturated rings. The van der Waals surface area contributed by atoms with Crippen molar-refractivity contribution in [2.75, 3.05) is 5.75 Å². The Bertz CT molecular complexity index is 1010. The number of hydrogen-bond donors (Lipinski definition) is 2. The van der Waals surface area contributed by atoms with Gasteiger partial charge in [0.05, 0.1) is 17.0 Å². The molecule has 1 amide bonds. The van der Waals surface area contributed by atoms with E-state index in [1.807, 2.05) is 20.8 Å². The van der Waals surface area contributed by atoms with Crippen molar-refractivity contribution >= 4 is 28.7 Å². The van der Waals surface area contributed by atoms with Crippen LogP contribution in [0, 0.1) is 12.7 Å². The summed E-state index contributed by atoms with van der Waals surface area (Å²) in [5.74, 6) is -0.409. The lowest BCUT2D eigenvalue weighted by atomic mass is 10.3. The van der Waals surface area contributed by atoms with Crippen molar-refractivity contribution in [2.45, 2.75) is 32.0 Å². The van der Waals surface area contributed by atoms with Crippen LogP contribution in [-0.4, -0.2) is 32.2 Å². The SMILES string of the molecule is Cc1cc2nc(SCC(=O)NC(C)C)n(-c3ccc(F)cc3)c(=O)c2[nH]1. The third-order valence-corrected chi connectivity index (χ3v) is 4.56. The molecule has 26 heavy (non-hydrogen) atoms. The second-order valence-corrected chi connectivity index (χ2v) is 7.18. The van der Waals surface area contributed by atoms with Gasteiger partial charge in [0.25, 0.3) is 5.56 Å². The largest absolute Gasteiger partial charge is 0.353 e. The third-order valence-electron chi connectivity index (χ3n) is 3.62. The first kappa shape index (κ1) is 18.2. The zero-order valence-electron chi connectivity index (χ0n) is 14.7. The molecule has 0 aliphatic rings. The highest BCUT2D eigenvalue weighted by molar-refractivity contribution is 7.99. The zero-order chi connectivity index (χ0) is 18.8. The summed E-state index contributed by atoms with van der Waals surface area (Å²) in [5, 5.41) is 3.19. The Kier molecular flexibility index (Phi) is 5.13. The van der Waals surface area contributed by atoms with E-state index in [0.717, 1.165) is 5.69 Å². The molecule has 6 nitrogen and oxygen atoms in total. The van der Waals surface area contributed by atoms with Crippen molar-refractivity contribution in [3.05, 3.63) is 52.2 Å². The van der Waals surface area contributed by atoms with E-state index in [9.17, 15) is 14.0 Å². The molecule has 0 saturated heterocycles. The van der Waals surface area contributed by atoms with Gasteiger partial charge in [-0.2, -0.15) is 0 Å². The first-order chi connectivity index (χ1) is 12.3. The molecule has 0 atom stereocenters. The van der Waals surface area contributed by atoms with Crippen molar-refractivity contribution in [3.8, 4) is 5.69 Å². The first-order valence-electron chi connectivity index (χ1n) is 8.15. The van der Waals surface area contributed by atoms with Gasteiger partial charge in [0.1, 0.15) is 11.3 Å². The highest BCUT2D eigenvalue weighted by Gasteiger charge is 2.16. The number of aromatic nitrogens is 3. The predicted octanol–water partition coefficient (Wildman–Crippen LogP) is 2.78. The van der Waals surface area contributed by atoms with Crippen LogP contribution < -0.4 is 10.9 Å². The molecule has 2 N–H and O–H groups in total. The third kappa shape index (κ3) is 3.80. The number of rotatable bonds is 5. The highest BCUT2D eigenvalue weighted by Crippen LogP contribution is 2.21. The standard InChI is InChI=1S/C18H19FN4O2S/c1-10(2)20-15(24)9-26-18-22-14-8-11(3)21-16(14)17(25)23(18)13-6-4-12(19)5-7-13/h4-8,10,21H,9H2,1-3H3,(H,20,24). The number of hydrogen-bond acceptors (Lipinski definition) is 4. The molecule has 0 radical (unpaired) electrons. The number of benzene rings is 1. The molecule has 1 aromatic carbocycles. The summed E-state index contributed by atoms with van der Waals surface area (Å²) in [6.07, 6.45) is 0. The maximum absolute atomic E-state index is 13.3. The summed E-state index contributed by atoms with van der Waals surface area (Å²) in [4.78, 5) is 32.5. The van der Waals surface area contributed by atoms with E-state index >= 15 is 0 Å². The number of halogens is 1. The Morgan fingerprint density at radius 3 is 2.69 bits per heavy atom. The topological polar surface area (TPSA) is 79.8 Å². The van der Waals surface area contributed by atoms with E-state index in [1.54, 1.807) is 6.07 Å². The van der Waals surface area contributed by atoms with Crippen molar-refractivity contribution in [1.82, 2.24) is 19.9 Å². The molecule has 0 aliphatic carbocycles. The molecule has 0 aliphatic heterocycles. The number of carbonyl (C=O) groups excluding carboxylic acids is 1. The fraction of sp³-hybridized carbons (Fsp3) is 0.278. The zero-order valence-corrected chi connectivity index (χ0v) is 15.5. The Morgan fingerprint density at radius 1 is 1.35 bits per heavy atom. The van der Waals surface area contributed by atoms with Crippen molar-refractivity contribution in [3.63, 3.8) is 0 Å². The van der Waals surface area contributed by atoms with Crippen molar-refractivity contribution in [2.24, 2.45) is 0 Å². The van der Waals surface area contributed by atoms with Crippen LogP contribution in [0.4, 0.5) is 4.39 Å². The molecule has 0 unspecified atom stereocenters. The Labute approximate surface area is 153 Å². The second kappa shape index (κ2) is 7.33. The maximum Gasteiger partial charge on any atom is 0.283 e. The number of nitrogens with zero attached hydrogens (tertiary/aromatic N) is 2. The fourth-order valence-electron chi connectivity index (χ4n) is 2.59. The molecule has 3 aromatic rings. The maximum atomic E-state index is 13.3. The molecule has 3 rings (SSSR count). The number of amides is 1. The number of nitrogens with one attached hydrogen (secondary N) is 2. The van der Waals surface area contributed by atoms with Crippen LogP contribution in [0.2, 0.25) is 0 Å². The molecular formula is C18H19FN4O2S. The molecular weight excluding hydrogens is 355 g/mol. The van der Waals surface area contributed by atoms with Crippen molar-refractivity contribution in [1.29, 1.82) is 0 Å². The summed E-state index contributed by atoms with van der Waals surface area (Å²) in [6.45, 7) is 5.60. The molecule has 8 heteroatoms. The van der Waals surface area contributed by atoms with Gasteiger partial charge in [-0.05, 0) is 51.1 Å². The normalized spacial score (nSPS) is 11.3. The van der Waals surface area contributed by atoms with Gasteiger partial charge in [-0.3, -0.25) is 14.2 Å². The van der Waals surface area contributed by atoms with Gasteiger partial charge in [0.2, 0.25) is 5.91 Å². The molecule has 136 valence electrons. The van der Waals surface area contributed by atoms with E-state index in [0.29, 0.717) is 21.9 Å². The van der Waals surface area contributed by atoms with Gasteiger partial charge in [-0.1, -0.05) is 11.8 Å². The summed E-state index contributed by atoms with van der Waals surface area (Å²) in [6, 6.07) is 7.41. The van der Waals surface area contributed by atoms with Crippen LogP contribution in [0.1, 0.15) is 19.5 Å². The summed E-state index contributed by atoms with van der Waals surface area (Å²) >= 11 is 1.17. The van der Waals surface area contributed by atoms with Crippen LogP contribution in [0.3, 0.4) is 0 Å². The lowest BCUT2D eigenvalue weighted by Gasteiger charge is -2.12. The summed E-state index contributed by atoms with van der Waals surface area (Å²) in [5.41, 5.74) is 1.93. The summed E-state index contributed by atoms with van der Waals surface area (Å²) < 4.78 is 14.7. The van der Waals surface area contributed by atoms with Gasteiger partial charge in [0.15, 0.2) is 5.16 Å².